The van der Waals surface area contributed by atoms with Crippen LogP contribution in [0.2, 0.25) is 5.28 Å². The van der Waals surface area contributed by atoms with E-state index in [4.69, 9.17) is 16.9 Å². The first kappa shape index (κ1) is 13.2. The van der Waals surface area contributed by atoms with Crippen molar-refractivity contribution in [2.45, 2.75) is 6.54 Å². The maximum absolute atomic E-state index is 13.1. The Labute approximate surface area is 111 Å². The lowest BCUT2D eigenvalue weighted by Crippen LogP contribution is -2.25. The molecule has 0 saturated heterocycles. The van der Waals surface area contributed by atoms with Gasteiger partial charge in [-0.3, -0.25) is 9.36 Å². The third-order valence-corrected chi connectivity index (χ3v) is 2.78. The molecule has 0 N–H and O–H groups in total. The van der Waals surface area contributed by atoms with Crippen molar-refractivity contribution in [3.8, 4) is 6.07 Å². The number of nitrogens with zero attached hydrogens (tertiary/aromatic N) is 3. The Kier molecular flexibility index (Phi) is 3.58. The molecule has 0 atom stereocenters. The minimum atomic E-state index is -1.05. The fraction of sp³-hybridized carbons (Fsp3) is 0.0833. The van der Waals surface area contributed by atoms with Gasteiger partial charge in [0.1, 0.15) is 5.82 Å². The van der Waals surface area contributed by atoms with E-state index >= 15 is 0 Å². The first-order valence-corrected chi connectivity index (χ1v) is 5.50. The van der Waals surface area contributed by atoms with Crippen molar-refractivity contribution in [1.82, 2.24) is 9.55 Å². The number of hydrogen-bond donors (Lipinski definition) is 0. The maximum Gasteiger partial charge on any atom is 0.290 e. The summed E-state index contributed by atoms with van der Waals surface area (Å²) >= 11 is 5.71. The summed E-state index contributed by atoms with van der Waals surface area (Å²) in [7, 11) is 0. The lowest BCUT2D eigenvalue weighted by atomic mass is 10.1. The lowest BCUT2D eigenvalue weighted by molar-refractivity contribution is 0.567. The SMILES string of the molecule is N#Cc1cc(F)ccc1Cn1c(Cl)ncc(F)c1=O. The molecule has 1 heterocycles. The molecule has 0 bridgehead atoms. The first-order valence-electron chi connectivity index (χ1n) is 5.12. The van der Waals surface area contributed by atoms with Gasteiger partial charge in [0.05, 0.1) is 24.4 Å². The quantitative estimate of drug-likeness (QED) is 0.792. The van der Waals surface area contributed by atoms with Gasteiger partial charge in [0, 0.05) is 0 Å². The van der Waals surface area contributed by atoms with Crippen molar-refractivity contribution in [1.29, 1.82) is 5.26 Å². The summed E-state index contributed by atoms with van der Waals surface area (Å²) < 4.78 is 27.0. The minimum absolute atomic E-state index is 0.0484. The van der Waals surface area contributed by atoms with Gasteiger partial charge < -0.3 is 0 Å². The fourth-order valence-electron chi connectivity index (χ4n) is 1.55. The fourth-order valence-corrected chi connectivity index (χ4v) is 1.73. The molecule has 0 unspecified atom stereocenters. The maximum atomic E-state index is 13.1. The first-order chi connectivity index (χ1) is 9.02. The molecule has 2 aromatic rings. The van der Waals surface area contributed by atoms with E-state index in [9.17, 15) is 13.6 Å². The Morgan fingerprint density at radius 2 is 2.16 bits per heavy atom. The van der Waals surface area contributed by atoms with Crippen LogP contribution in [-0.4, -0.2) is 9.55 Å². The van der Waals surface area contributed by atoms with Crippen LogP contribution in [0, 0.1) is 23.0 Å². The van der Waals surface area contributed by atoms with E-state index < -0.39 is 17.2 Å². The smallest absolute Gasteiger partial charge is 0.276 e. The van der Waals surface area contributed by atoms with Gasteiger partial charge in [0.25, 0.3) is 5.56 Å². The molecule has 0 amide bonds. The number of benzene rings is 1. The standard InChI is InChI=1S/C12H6ClF2N3O/c13-12-17-5-10(15)11(19)18(12)6-7-1-2-9(14)3-8(7)4-16/h1-3,5H,6H2. The number of rotatable bonds is 2. The van der Waals surface area contributed by atoms with Crippen molar-refractivity contribution in [3.63, 3.8) is 0 Å². The summed E-state index contributed by atoms with van der Waals surface area (Å²) in [6.07, 6.45) is 0.719. The number of aromatic nitrogens is 2. The summed E-state index contributed by atoms with van der Waals surface area (Å²) in [4.78, 5) is 15.1. The monoisotopic (exact) mass is 281 g/mol. The number of nitriles is 1. The van der Waals surface area contributed by atoms with Gasteiger partial charge in [0.2, 0.25) is 11.1 Å². The van der Waals surface area contributed by atoms with Gasteiger partial charge in [0.15, 0.2) is 0 Å². The molecule has 19 heavy (non-hydrogen) atoms. The molecule has 1 aromatic carbocycles. The van der Waals surface area contributed by atoms with E-state index in [2.05, 4.69) is 4.98 Å². The summed E-state index contributed by atoms with van der Waals surface area (Å²) in [6.45, 7) is -0.161. The second-order valence-electron chi connectivity index (χ2n) is 3.68. The van der Waals surface area contributed by atoms with Crippen LogP contribution in [0.4, 0.5) is 8.78 Å². The van der Waals surface area contributed by atoms with Crippen LogP contribution in [0.15, 0.2) is 29.2 Å². The van der Waals surface area contributed by atoms with E-state index in [1.807, 2.05) is 0 Å². The Hall–Kier alpha value is -2.26. The largest absolute Gasteiger partial charge is 0.290 e. The molecular weight excluding hydrogens is 276 g/mol. The molecule has 4 nitrogen and oxygen atoms in total. The average Bonchev–Trinajstić information content (AvgIpc) is 2.40. The molecule has 2 rings (SSSR count). The molecule has 1 aromatic heterocycles. The highest BCUT2D eigenvalue weighted by Gasteiger charge is 2.11. The highest BCUT2D eigenvalue weighted by Crippen LogP contribution is 2.13. The van der Waals surface area contributed by atoms with E-state index in [0.29, 0.717) is 5.56 Å². The van der Waals surface area contributed by atoms with Gasteiger partial charge in [-0.05, 0) is 29.3 Å². The predicted molar refractivity (Wildman–Crippen MR) is 63.7 cm³/mol. The second-order valence-corrected chi connectivity index (χ2v) is 4.02. The highest BCUT2D eigenvalue weighted by atomic mass is 35.5. The Morgan fingerprint density at radius 1 is 1.42 bits per heavy atom. The molecule has 0 spiro atoms. The molecule has 0 fully saturated rings. The zero-order chi connectivity index (χ0) is 14.0. The van der Waals surface area contributed by atoms with Crippen LogP contribution >= 0.6 is 11.6 Å². The molecule has 0 aliphatic carbocycles. The van der Waals surface area contributed by atoms with Gasteiger partial charge in [-0.25, -0.2) is 9.37 Å². The van der Waals surface area contributed by atoms with Crippen molar-refractivity contribution < 1.29 is 8.78 Å². The topological polar surface area (TPSA) is 58.7 Å². The van der Waals surface area contributed by atoms with Gasteiger partial charge >= 0.3 is 0 Å². The molecule has 7 heteroatoms. The van der Waals surface area contributed by atoms with Crippen LogP contribution in [0.25, 0.3) is 0 Å². The third kappa shape index (κ3) is 2.61. The van der Waals surface area contributed by atoms with Crippen LogP contribution in [0.5, 0.6) is 0 Å². The molecule has 0 aliphatic rings. The predicted octanol–water partition coefficient (Wildman–Crippen LogP) is 2.09. The van der Waals surface area contributed by atoms with Crippen LogP contribution in [-0.2, 0) is 6.54 Å². The van der Waals surface area contributed by atoms with Crippen molar-refractivity contribution in [2.75, 3.05) is 0 Å². The van der Waals surface area contributed by atoms with Crippen molar-refractivity contribution in [3.05, 3.63) is 62.8 Å². The molecule has 0 radical (unpaired) electrons. The summed E-state index contributed by atoms with van der Waals surface area (Å²) in [5.74, 6) is -1.62. The number of halogens is 3. The van der Waals surface area contributed by atoms with Crippen LogP contribution in [0.1, 0.15) is 11.1 Å². The third-order valence-electron chi connectivity index (χ3n) is 2.48. The Bertz CT molecular complexity index is 737. The number of hydrogen-bond acceptors (Lipinski definition) is 3. The summed E-state index contributed by atoms with van der Waals surface area (Å²) in [5.41, 5.74) is -0.555. The molecule has 0 saturated carbocycles. The molecular formula is C12H6ClF2N3O. The van der Waals surface area contributed by atoms with Crippen molar-refractivity contribution in [2.24, 2.45) is 0 Å². The normalized spacial score (nSPS) is 10.2. The lowest BCUT2D eigenvalue weighted by Gasteiger charge is -2.08. The minimum Gasteiger partial charge on any atom is -0.276 e. The van der Waals surface area contributed by atoms with Crippen LogP contribution < -0.4 is 5.56 Å². The Balaban J connectivity index is 2.51. The van der Waals surface area contributed by atoms with Crippen LogP contribution in [0.3, 0.4) is 0 Å². The summed E-state index contributed by atoms with van der Waals surface area (Å²) in [6, 6.07) is 5.30. The van der Waals surface area contributed by atoms with Crippen molar-refractivity contribution >= 4 is 11.6 Å². The molecule has 96 valence electrons. The zero-order valence-corrected chi connectivity index (χ0v) is 10.2. The van der Waals surface area contributed by atoms with E-state index in [0.717, 1.165) is 22.9 Å². The molecule has 0 aliphatic heterocycles. The average molecular weight is 282 g/mol. The van der Waals surface area contributed by atoms with E-state index in [1.165, 1.54) is 6.07 Å². The Morgan fingerprint density at radius 3 is 2.84 bits per heavy atom. The van der Waals surface area contributed by atoms with E-state index in [-0.39, 0.29) is 17.4 Å². The van der Waals surface area contributed by atoms with Gasteiger partial charge in [-0.2, -0.15) is 9.65 Å². The van der Waals surface area contributed by atoms with E-state index in [1.54, 1.807) is 6.07 Å². The van der Waals surface area contributed by atoms with Gasteiger partial charge in [-0.15, -0.1) is 0 Å². The second kappa shape index (κ2) is 5.16. The highest BCUT2D eigenvalue weighted by molar-refractivity contribution is 6.28. The van der Waals surface area contributed by atoms with Gasteiger partial charge in [-0.1, -0.05) is 6.07 Å². The zero-order valence-electron chi connectivity index (χ0n) is 9.40. The summed E-state index contributed by atoms with van der Waals surface area (Å²) in [5, 5.41) is 8.68.